The van der Waals surface area contributed by atoms with Gasteiger partial charge in [0.1, 0.15) is 24.2 Å². The van der Waals surface area contributed by atoms with E-state index in [-0.39, 0.29) is 12.2 Å². The summed E-state index contributed by atoms with van der Waals surface area (Å²) in [7, 11) is 0. The molecule has 27 heavy (non-hydrogen) atoms. The molecule has 1 heterocycles. The second-order valence-corrected chi connectivity index (χ2v) is 5.99. The maximum Gasteiger partial charge on any atom is 0.248 e. The first-order valence-corrected chi connectivity index (χ1v) is 8.16. The van der Waals surface area contributed by atoms with E-state index in [0.29, 0.717) is 11.3 Å². The fourth-order valence-electron chi connectivity index (χ4n) is 2.66. The third-order valence-corrected chi connectivity index (χ3v) is 4.08. The maximum atomic E-state index is 13.6. The standard InChI is InChI=1S/C21H16FN3O2/c1-13-8-15(3-5-18(13)21(24)26)20-9-14(6-7-25-20)12-27-17-4-2-16(11-23)19(22)10-17/h2-10H,12H2,1H3,(H2,24,26). The minimum absolute atomic E-state index is 0.0247. The van der Waals surface area contributed by atoms with E-state index in [9.17, 15) is 9.18 Å². The predicted molar refractivity (Wildman–Crippen MR) is 98.4 cm³/mol. The van der Waals surface area contributed by atoms with Gasteiger partial charge in [-0.2, -0.15) is 5.26 Å². The lowest BCUT2D eigenvalue weighted by molar-refractivity contribution is 0.0999. The largest absolute Gasteiger partial charge is 0.489 e. The molecule has 2 aromatic carbocycles. The van der Waals surface area contributed by atoms with Gasteiger partial charge in [-0.25, -0.2) is 4.39 Å². The van der Waals surface area contributed by atoms with Crippen LogP contribution in [0.15, 0.2) is 54.7 Å². The fraction of sp³-hybridized carbons (Fsp3) is 0.0952. The minimum Gasteiger partial charge on any atom is -0.489 e. The first-order chi connectivity index (χ1) is 13.0. The van der Waals surface area contributed by atoms with Gasteiger partial charge in [-0.1, -0.05) is 6.07 Å². The number of carbonyl (C=O) groups is 1. The van der Waals surface area contributed by atoms with Crippen LogP contribution in [0.25, 0.3) is 11.3 Å². The van der Waals surface area contributed by atoms with Crippen LogP contribution in [0.2, 0.25) is 0 Å². The molecule has 0 atom stereocenters. The Bertz CT molecular complexity index is 1060. The molecule has 3 aromatic rings. The highest BCUT2D eigenvalue weighted by atomic mass is 19.1. The number of nitriles is 1. The zero-order chi connectivity index (χ0) is 19.4. The lowest BCUT2D eigenvalue weighted by Gasteiger charge is -2.09. The van der Waals surface area contributed by atoms with Crippen molar-refractivity contribution in [1.29, 1.82) is 5.26 Å². The third kappa shape index (κ3) is 4.10. The lowest BCUT2D eigenvalue weighted by atomic mass is 10.0. The monoisotopic (exact) mass is 361 g/mol. The van der Waals surface area contributed by atoms with E-state index in [1.165, 1.54) is 12.1 Å². The number of pyridine rings is 1. The van der Waals surface area contributed by atoms with Gasteiger partial charge in [0, 0.05) is 23.4 Å². The second kappa shape index (κ2) is 7.67. The van der Waals surface area contributed by atoms with E-state index in [2.05, 4.69) is 4.98 Å². The van der Waals surface area contributed by atoms with Gasteiger partial charge in [0.15, 0.2) is 0 Å². The lowest BCUT2D eigenvalue weighted by Crippen LogP contribution is -2.12. The van der Waals surface area contributed by atoms with Crippen LogP contribution in [-0.4, -0.2) is 10.9 Å². The number of ether oxygens (including phenoxy) is 1. The molecule has 0 saturated heterocycles. The van der Waals surface area contributed by atoms with E-state index in [4.69, 9.17) is 15.7 Å². The quantitative estimate of drug-likeness (QED) is 0.749. The molecule has 0 saturated carbocycles. The molecule has 0 spiro atoms. The molecular weight excluding hydrogens is 345 g/mol. The molecule has 2 N–H and O–H groups in total. The molecule has 0 bridgehead atoms. The van der Waals surface area contributed by atoms with Crippen molar-refractivity contribution in [1.82, 2.24) is 4.98 Å². The minimum atomic E-state index is -0.615. The number of hydrogen-bond donors (Lipinski definition) is 1. The normalized spacial score (nSPS) is 10.3. The van der Waals surface area contributed by atoms with E-state index in [1.807, 2.05) is 19.1 Å². The van der Waals surface area contributed by atoms with Gasteiger partial charge in [0.2, 0.25) is 5.91 Å². The van der Waals surface area contributed by atoms with Gasteiger partial charge in [-0.05, 0) is 54.4 Å². The van der Waals surface area contributed by atoms with Gasteiger partial charge in [0.05, 0.1) is 11.3 Å². The Kier molecular flexibility index (Phi) is 5.13. The molecule has 3 rings (SSSR count). The van der Waals surface area contributed by atoms with E-state index in [0.717, 1.165) is 22.4 Å². The van der Waals surface area contributed by atoms with Crippen LogP contribution in [-0.2, 0) is 6.61 Å². The maximum absolute atomic E-state index is 13.6. The molecule has 6 heteroatoms. The molecule has 0 fully saturated rings. The van der Waals surface area contributed by atoms with Crippen molar-refractivity contribution < 1.29 is 13.9 Å². The smallest absolute Gasteiger partial charge is 0.248 e. The second-order valence-electron chi connectivity index (χ2n) is 5.99. The summed E-state index contributed by atoms with van der Waals surface area (Å²) in [5.74, 6) is -0.745. The molecule has 0 aliphatic heterocycles. The number of halogens is 1. The van der Waals surface area contributed by atoms with Gasteiger partial charge in [-0.15, -0.1) is 0 Å². The van der Waals surface area contributed by atoms with Gasteiger partial charge in [0.25, 0.3) is 0 Å². The summed E-state index contributed by atoms with van der Waals surface area (Å²) in [6.45, 7) is 2.04. The van der Waals surface area contributed by atoms with Crippen molar-refractivity contribution >= 4 is 5.91 Å². The van der Waals surface area contributed by atoms with Crippen molar-refractivity contribution in [3.05, 3.63) is 82.8 Å². The van der Waals surface area contributed by atoms with Crippen LogP contribution in [0.3, 0.4) is 0 Å². The van der Waals surface area contributed by atoms with Crippen molar-refractivity contribution in [2.24, 2.45) is 5.73 Å². The first-order valence-electron chi connectivity index (χ1n) is 8.16. The molecule has 0 unspecified atom stereocenters. The van der Waals surface area contributed by atoms with Crippen LogP contribution in [0, 0.1) is 24.1 Å². The number of carbonyl (C=O) groups excluding carboxylic acids is 1. The molecule has 0 radical (unpaired) electrons. The Morgan fingerprint density at radius 1 is 1.22 bits per heavy atom. The van der Waals surface area contributed by atoms with Crippen LogP contribution in [0.5, 0.6) is 5.75 Å². The number of benzene rings is 2. The number of nitrogens with zero attached hydrogens (tertiary/aromatic N) is 2. The number of rotatable bonds is 5. The summed E-state index contributed by atoms with van der Waals surface area (Å²) in [5.41, 5.74) is 8.98. The van der Waals surface area contributed by atoms with E-state index < -0.39 is 11.7 Å². The molecule has 134 valence electrons. The van der Waals surface area contributed by atoms with Crippen LogP contribution in [0.1, 0.15) is 27.0 Å². The zero-order valence-electron chi connectivity index (χ0n) is 14.6. The van der Waals surface area contributed by atoms with Gasteiger partial charge >= 0.3 is 0 Å². The summed E-state index contributed by atoms with van der Waals surface area (Å²) in [4.78, 5) is 15.7. The summed E-state index contributed by atoms with van der Waals surface area (Å²) >= 11 is 0. The number of hydrogen-bond acceptors (Lipinski definition) is 4. The van der Waals surface area contributed by atoms with Crippen molar-refractivity contribution in [3.8, 4) is 23.1 Å². The number of amides is 1. The molecule has 5 nitrogen and oxygen atoms in total. The predicted octanol–water partition coefficient (Wildman–Crippen LogP) is 3.75. The number of nitrogens with two attached hydrogens (primary N) is 1. The van der Waals surface area contributed by atoms with E-state index >= 15 is 0 Å². The highest BCUT2D eigenvalue weighted by molar-refractivity contribution is 5.94. The molecule has 0 aliphatic rings. The van der Waals surface area contributed by atoms with Crippen molar-refractivity contribution in [2.45, 2.75) is 13.5 Å². The molecule has 0 aliphatic carbocycles. The molecule has 1 amide bonds. The van der Waals surface area contributed by atoms with Crippen molar-refractivity contribution in [2.75, 3.05) is 0 Å². The van der Waals surface area contributed by atoms with Crippen LogP contribution in [0.4, 0.5) is 4.39 Å². The highest BCUT2D eigenvalue weighted by Crippen LogP contribution is 2.22. The Balaban J connectivity index is 1.78. The third-order valence-electron chi connectivity index (χ3n) is 4.08. The van der Waals surface area contributed by atoms with Crippen LogP contribution >= 0.6 is 0 Å². The van der Waals surface area contributed by atoms with Gasteiger partial charge in [-0.3, -0.25) is 9.78 Å². The highest BCUT2D eigenvalue weighted by Gasteiger charge is 2.08. The average molecular weight is 361 g/mol. The molecule has 1 aromatic heterocycles. The Hall–Kier alpha value is -3.72. The summed E-state index contributed by atoms with van der Waals surface area (Å²) in [5, 5.41) is 8.76. The average Bonchev–Trinajstić information content (AvgIpc) is 2.66. The number of aromatic nitrogens is 1. The number of aryl methyl sites for hydroxylation is 1. The fourth-order valence-corrected chi connectivity index (χ4v) is 2.66. The summed E-state index contributed by atoms with van der Waals surface area (Å²) in [6, 6.07) is 14.9. The van der Waals surface area contributed by atoms with Crippen molar-refractivity contribution in [3.63, 3.8) is 0 Å². The Labute approximate surface area is 155 Å². The zero-order valence-corrected chi connectivity index (χ0v) is 14.6. The topological polar surface area (TPSA) is 89.0 Å². The summed E-state index contributed by atoms with van der Waals surface area (Å²) < 4.78 is 19.2. The first kappa shape index (κ1) is 18.1. The Morgan fingerprint density at radius 2 is 2.04 bits per heavy atom. The SMILES string of the molecule is Cc1cc(-c2cc(COc3ccc(C#N)c(F)c3)ccn2)ccc1C(N)=O. The van der Waals surface area contributed by atoms with Crippen LogP contribution < -0.4 is 10.5 Å². The van der Waals surface area contributed by atoms with E-state index in [1.54, 1.807) is 36.5 Å². The number of primary amides is 1. The molecular formula is C21H16FN3O2. The Morgan fingerprint density at radius 3 is 2.70 bits per heavy atom. The van der Waals surface area contributed by atoms with Gasteiger partial charge < -0.3 is 10.5 Å². The summed E-state index contributed by atoms with van der Waals surface area (Å²) in [6.07, 6.45) is 1.66.